The van der Waals surface area contributed by atoms with Crippen LogP contribution in [0.25, 0.3) is 0 Å². The van der Waals surface area contributed by atoms with Crippen LogP contribution in [0.2, 0.25) is 0 Å². The minimum absolute atomic E-state index is 0.279. The molecule has 0 saturated heterocycles. The zero-order chi connectivity index (χ0) is 16.1. The lowest BCUT2D eigenvalue weighted by Crippen LogP contribution is -2.26. The number of benzene rings is 2. The highest BCUT2D eigenvalue weighted by molar-refractivity contribution is 7.80. The molecule has 0 heterocycles. The van der Waals surface area contributed by atoms with Crippen molar-refractivity contribution in [2.45, 2.75) is 6.42 Å². The summed E-state index contributed by atoms with van der Waals surface area (Å²) in [4.78, 5) is 1.73. The molecule has 0 aliphatic carbocycles. The first-order valence-corrected chi connectivity index (χ1v) is 7.19. The van der Waals surface area contributed by atoms with E-state index in [1.807, 2.05) is 24.3 Å². The standard InChI is InChI=1S/C17H18FNO2S/c1-19(17(22)21-3)16-8-7-14(18)11-13(16)9-12-5-4-6-15(10-12)20-2/h4-8,10-11H,9H2,1-3H3. The molecule has 116 valence electrons. The van der Waals surface area contributed by atoms with Gasteiger partial charge in [0.2, 0.25) is 0 Å². The Morgan fingerprint density at radius 1 is 1.18 bits per heavy atom. The van der Waals surface area contributed by atoms with E-state index in [4.69, 9.17) is 21.7 Å². The van der Waals surface area contributed by atoms with Crippen LogP contribution in [0.5, 0.6) is 5.75 Å². The molecule has 2 aromatic carbocycles. The second kappa shape index (κ2) is 7.22. The monoisotopic (exact) mass is 319 g/mol. The highest BCUT2D eigenvalue weighted by Crippen LogP contribution is 2.25. The normalized spacial score (nSPS) is 10.2. The lowest BCUT2D eigenvalue weighted by Gasteiger charge is -2.22. The maximum Gasteiger partial charge on any atom is 0.263 e. The van der Waals surface area contributed by atoms with E-state index in [-0.39, 0.29) is 5.82 Å². The van der Waals surface area contributed by atoms with Crippen molar-refractivity contribution in [2.75, 3.05) is 26.2 Å². The van der Waals surface area contributed by atoms with Crippen LogP contribution in [0.1, 0.15) is 11.1 Å². The fourth-order valence-electron chi connectivity index (χ4n) is 2.26. The van der Waals surface area contributed by atoms with Crippen molar-refractivity contribution >= 4 is 23.1 Å². The van der Waals surface area contributed by atoms with E-state index in [0.29, 0.717) is 11.6 Å². The van der Waals surface area contributed by atoms with Gasteiger partial charge in [-0.25, -0.2) is 4.39 Å². The average molecular weight is 319 g/mol. The van der Waals surface area contributed by atoms with Gasteiger partial charge >= 0.3 is 0 Å². The highest BCUT2D eigenvalue weighted by Gasteiger charge is 2.13. The van der Waals surface area contributed by atoms with E-state index in [2.05, 4.69) is 0 Å². The molecule has 2 aromatic rings. The summed E-state index contributed by atoms with van der Waals surface area (Å²) in [6, 6.07) is 12.3. The first kappa shape index (κ1) is 16.2. The van der Waals surface area contributed by atoms with Crippen molar-refractivity contribution in [2.24, 2.45) is 0 Å². The summed E-state index contributed by atoms with van der Waals surface area (Å²) in [5.74, 6) is 0.495. The molecular weight excluding hydrogens is 301 g/mol. The Hall–Kier alpha value is -2.14. The maximum absolute atomic E-state index is 13.6. The number of hydrogen-bond donors (Lipinski definition) is 0. The van der Waals surface area contributed by atoms with Crippen LogP contribution in [-0.4, -0.2) is 26.4 Å². The maximum atomic E-state index is 13.6. The van der Waals surface area contributed by atoms with Gasteiger partial charge in [-0.3, -0.25) is 0 Å². The Morgan fingerprint density at radius 3 is 2.64 bits per heavy atom. The van der Waals surface area contributed by atoms with E-state index >= 15 is 0 Å². The third-order valence-electron chi connectivity index (χ3n) is 3.38. The van der Waals surface area contributed by atoms with Crippen LogP contribution in [0, 0.1) is 5.82 Å². The van der Waals surface area contributed by atoms with Crippen LogP contribution in [0.3, 0.4) is 0 Å². The molecule has 5 heteroatoms. The van der Waals surface area contributed by atoms with Crippen molar-refractivity contribution in [3.05, 3.63) is 59.4 Å². The van der Waals surface area contributed by atoms with Gasteiger partial charge in [0, 0.05) is 12.7 Å². The summed E-state index contributed by atoms with van der Waals surface area (Å²) < 4.78 is 23.9. The Balaban J connectivity index is 2.36. The van der Waals surface area contributed by atoms with Crippen LogP contribution < -0.4 is 9.64 Å². The Labute approximate surface area is 135 Å². The molecule has 0 saturated carbocycles. The Morgan fingerprint density at radius 2 is 1.95 bits per heavy atom. The summed E-state index contributed by atoms with van der Waals surface area (Å²) in [6.07, 6.45) is 0.570. The van der Waals surface area contributed by atoms with Crippen molar-refractivity contribution < 1.29 is 13.9 Å². The first-order chi connectivity index (χ1) is 10.5. The van der Waals surface area contributed by atoms with Gasteiger partial charge in [-0.15, -0.1) is 0 Å². The minimum Gasteiger partial charge on any atom is -0.497 e. The molecule has 0 fully saturated rings. The number of anilines is 1. The molecule has 0 spiro atoms. The molecule has 0 aromatic heterocycles. The molecule has 0 N–H and O–H groups in total. The van der Waals surface area contributed by atoms with Crippen LogP contribution in [-0.2, 0) is 11.2 Å². The summed E-state index contributed by atoms with van der Waals surface area (Å²) in [5.41, 5.74) is 2.68. The van der Waals surface area contributed by atoms with E-state index in [0.717, 1.165) is 22.6 Å². The van der Waals surface area contributed by atoms with E-state index < -0.39 is 0 Å². The third-order valence-corrected chi connectivity index (χ3v) is 3.82. The summed E-state index contributed by atoms with van der Waals surface area (Å²) in [5, 5.41) is 0.332. The molecule has 0 unspecified atom stereocenters. The second-order valence-electron chi connectivity index (χ2n) is 4.83. The Bertz CT molecular complexity index is 675. The van der Waals surface area contributed by atoms with E-state index in [1.165, 1.54) is 19.2 Å². The number of methoxy groups -OCH3 is 2. The molecule has 2 rings (SSSR count). The van der Waals surface area contributed by atoms with Gasteiger partial charge in [0.25, 0.3) is 5.17 Å². The minimum atomic E-state index is -0.279. The van der Waals surface area contributed by atoms with Gasteiger partial charge in [0.05, 0.1) is 14.2 Å². The topological polar surface area (TPSA) is 21.7 Å². The van der Waals surface area contributed by atoms with Gasteiger partial charge in [0.1, 0.15) is 11.6 Å². The zero-order valence-corrected chi connectivity index (χ0v) is 13.6. The largest absolute Gasteiger partial charge is 0.497 e. The lowest BCUT2D eigenvalue weighted by atomic mass is 10.0. The predicted octanol–water partition coefficient (Wildman–Crippen LogP) is 3.79. The van der Waals surface area contributed by atoms with Gasteiger partial charge < -0.3 is 14.4 Å². The third kappa shape index (κ3) is 3.74. The average Bonchev–Trinajstić information content (AvgIpc) is 2.54. The van der Waals surface area contributed by atoms with Gasteiger partial charge in [-0.2, -0.15) is 0 Å². The summed E-state index contributed by atoms with van der Waals surface area (Å²) >= 11 is 5.15. The summed E-state index contributed by atoms with van der Waals surface area (Å²) in [6.45, 7) is 0. The van der Waals surface area contributed by atoms with E-state index in [1.54, 1.807) is 25.1 Å². The smallest absolute Gasteiger partial charge is 0.263 e. The summed E-state index contributed by atoms with van der Waals surface area (Å²) in [7, 11) is 4.94. The number of halogens is 1. The molecule has 0 bridgehead atoms. The molecule has 0 amide bonds. The number of hydrogen-bond acceptors (Lipinski definition) is 3. The quantitative estimate of drug-likeness (QED) is 0.799. The SMILES string of the molecule is COC(=S)N(C)c1ccc(F)cc1Cc1cccc(OC)c1. The number of thiocarbonyl (C=S) groups is 1. The van der Waals surface area contributed by atoms with E-state index in [9.17, 15) is 4.39 Å². The van der Waals surface area contributed by atoms with Gasteiger partial charge in [-0.1, -0.05) is 12.1 Å². The van der Waals surface area contributed by atoms with Crippen LogP contribution in [0.15, 0.2) is 42.5 Å². The second-order valence-corrected chi connectivity index (χ2v) is 5.18. The molecule has 0 atom stereocenters. The number of nitrogens with zero attached hydrogens (tertiary/aromatic N) is 1. The first-order valence-electron chi connectivity index (χ1n) is 6.78. The molecule has 3 nitrogen and oxygen atoms in total. The molecule has 0 radical (unpaired) electrons. The molecule has 22 heavy (non-hydrogen) atoms. The van der Waals surface area contributed by atoms with Crippen molar-refractivity contribution in [1.82, 2.24) is 0 Å². The van der Waals surface area contributed by atoms with Gasteiger partial charge in [0.15, 0.2) is 0 Å². The fourth-order valence-corrected chi connectivity index (χ4v) is 2.36. The Kier molecular flexibility index (Phi) is 5.33. The lowest BCUT2D eigenvalue weighted by molar-refractivity contribution is 0.405. The van der Waals surface area contributed by atoms with Crippen molar-refractivity contribution in [3.8, 4) is 5.75 Å². The van der Waals surface area contributed by atoms with Crippen molar-refractivity contribution in [3.63, 3.8) is 0 Å². The van der Waals surface area contributed by atoms with Crippen molar-refractivity contribution in [1.29, 1.82) is 0 Å². The molecule has 0 aliphatic rings. The van der Waals surface area contributed by atoms with Crippen LogP contribution in [0.4, 0.5) is 10.1 Å². The van der Waals surface area contributed by atoms with Gasteiger partial charge in [-0.05, 0) is 60.1 Å². The molecule has 0 aliphatic heterocycles. The number of ether oxygens (including phenoxy) is 2. The zero-order valence-electron chi connectivity index (χ0n) is 12.8. The molecular formula is C17H18FNO2S. The predicted molar refractivity (Wildman–Crippen MR) is 90.2 cm³/mol. The van der Waals surface area contributed by atoms with Crippen LogP contribution >= 0.6 is 12.2 Å². The highest BCUT2D eigenvalue weighted by atomic mass is 32.1. The number of rotatable bonds is 4. The fraction of sp³-hybridized carbons (Fsp3) is 0.235.